The van der Waals surface area contributed by atoms with E-state index >= 15 is 0 Å². The van der Waals surface area contributed by atoms with Crippen molar-refractivity contribution in [2.45, 2.75) is 176 Å². The Bertz CT molecular complexity index is 1580. The number of cyclic esters (lactones) is 1. The predicted molar refractivity (Wildman–Crippen MR) is 202 cm³/mol. The number of hydrogen-bond donors (Lipinski definition) is 8. The molecule has 0 aromatic carbocycles. The van der Waals surface area contributed by atoms with E-state index in [1.807, 2.05) is 0 Å². The van der Waals surface area contributed by atoms with Crippen LogP contribution in [-0.4, -0.2) is 178 Å². The van der Waals surface area contributed by atoms with Crippen molar-refractivity contribution in [3.05, 3.63) is 11.6 Å². The van der Waals surface area contributed by atoms with Gasteiger partial charge in [-0.1, -0.05) is 6.92 Å². The molecule has 7 fully saturated rings. The first kappa shape index (κ1) is 44.9. The van der Waals surface area contributed by atoms with Gasteiger partial charge in [-0.2, -0.15) is 0 Å². The minimum atomic E-state index is -1.73. The Kier molecular flexibility index (Phi) is 13.0. The molecule has 0 aromatic rings. The van der Waals surface area contributed by atoms with Gasteiger partial charge in [-0.25, -0.2) is 4.79 Å². The number of aliphatic hydroxyl groups is 8. The van der Waals surface area contributed by atoms with Crippen LogP contribution in [0, 0.1) is 34.5 Å². The van der Waals surface area contributed by atoms with E-state index in [0.29, 0.717) is 25.7 Å². The van der Waals surface area contributed by atoms with E-state index in [4.69, 9.17) is 37.9 Å². The van der Waals surface area contributed by atoms with E-state index < -0.39 is 116 Å². The van der Waals surface area contributed by atoms with Gasteiger partial charge in [-0.15, -0.1) is 0 Å². The molecule has 0 bridgehead atoms. The third kappa shape index (κ3) is 7.51. The van der Waals surface area contributed by atoms with Gasteiger partial charge in [0, 0.05) is 30.4 Å². The van der Waals surface area contributed by atoms with Crippen LogP contribution in [0.5, 0.6) is 0 Å². The zero-order chi connectivity index (χ0) is 42.9. The topological polar surface area (TPSA) is 270 Å². The lowest BCUT2D eigenvalue weighted by atomic mass is 9.43. The van der Waals surface area contributed by atoms with Crippen LogP contribution in [0.15, 0.2) is 11.6 Å². The first-order chi connectivity index (χ1) is 28.6. The van der Waals surface area contributed by atoms with Gasteiger partial charge >= 0.3 is 5.97 Å². The van der Waals surface area contributed by atoms with Gasteiger partial charge in [0.05, 0.1) is 37.1 Å². The Balaban J connectivity index is 0.870. The average Bonchev–Trinajstić information content (AvgIpc) is 3.79. The number of ether oxygens (including phenoxy) is 8. The minimum Gasteiger partial charge on any atom is -0.458 e. The van der Waals surface area contributed by atoms with Gasteiger partial charge in [-0.05, 0) is 94.0 Å². The second kappa shape index (κ2) is 17.3. The fraction of sp³-hybridized carbons (Fsp3) is 0.905. The highest BCUT2D eigenvalue weighted by molar-refractivity contribution is 5.85. The summed E-state index contributed by atoms with van der Waals surface area (Å²) in [6, 6.07) is 0. The molecule has 0 unspecified atom stereocenters. The maximum Gasteiger partial charge on any atom is 0.331 e. The van der Waals surface area contributed by atoms with Crippen molar-refractivity contribution < 1.29 is 88.3 Å². The van der Waals surface area contributed by atoms with Crippen molar-refractivity contribution in [2.24, 2.45) is 34.5 Å². The van der Waals surface area contributed by atoms with Crippen LogP contribution >= 0.6 is 0 Å². The molecule has 8 N–H and O–H groups in total. The minimum absolute atomic E-state index is 0.0120. The van der Waals surface area contributed by atoms with E-state index in [2.05, 4.69) is 6.92 Å². The Morgan fingerprint density at radius 1 is 0.817 bits per heavy atom. The van der Waals surface area contributed by atoms with E-state index in [1.165, 1.54) is 13.4 Å². The second-order valence-corrected chi connectivity index (χ2v) is 19.0. The van der Waals surface area contributed by atoms with E-state index in [9.17, 15) is 50.4 Å². The Labute approximate surface area is 349 Å². The van der Waals surface area contributed by atoms with Gasteiger partial charge in [0.15, 0.2) is 18.9 Å². The molecule has 3 saturated heterocycles. The van der Waals surface area contributed by atoms with Crippen molar-refractivity contribution in [3.63, 3.8) is 0 Å². The second-order valence-electron chi connectivity index (χ2n) is 19.0. The van der Waals surface area contributed by atoms with Gasteiger partial charge in [0.25, 0.3) is 0 Å². The fourth-order valence-electron chi connectivity index (χ4n) is 12.9. The van der Waals surface area contributed by atoms with Crippen LogP contribution in [0.4, 0.5) is 0 Å². The molecule has 22 atom stereocenters. The summed E-state index contributed by atoms with van der Waals surface area (Å²) in [5, 5.41) is 85.0. The Hall–Kier alpha value is -1.72. The number of fused-ring (bicyclic) bond motifs is 5. The van der Waals surface area contributed by atoms with E-state index in [0.717, 1.165) is 37.7 Å². The molecule has 340 valence electrons. The highest BCUT2D eigenvalue weighted by Crippen LogP contribution is 2.69. The summed E-state index contributed by atoms with van der Waals surface area (Å²) in [4.78, 5) is 25.2. The fourth-order valence-corrected chi connectivity index (χ4v) is 12.9. The molecule has 0 spiro atoms. The molecule has 0 radical (unpaired) electrons. The summed E-state index contributed by atoms with van der Waals surface area (Å²) >= 11 is 0. The van der Waals surface area contributed by atoms with Crippen molar-refractivity contribution in [1.29, 1.82) is 0 Å². The highest BCUT2D eigenvalue weighted by atomic mass is 16.8. The van der Waals surface area contributed by atoms with Crippen LogP contribution < -0.4 is 0 Å². The van der Waals surface area contributed by atoms with Crippen LogP contribution in [0.3, 0.4) is 0 Å². The van der Waals surface area contributed by atoms with Crippen LogP contribution in [0.1, 0.15) is 78.1 Å². The standard InChI is InChI=1S/C42H64O18/c1-19-37(60-39-36(51)34(49)32(47)28(59-39)17-55-38-35(50)33(48)31(46)27(15-43)58-38)26(53-3)14-30(56-19)57-22-6-10-41(18-44)21(13-22)4-5-25-24(41)7-9-40(2)23(8-11-42(25,40)52)20-12-29(45)54-16-20/h12,18-19,21-28,30-39,43,46-52H,4-11,13-17H2,1-3H3/t19-,21-,22+,23-,24+,25-,26+,27-,28-,30+,31-,32-,33+,34+,35-,36-,37-,38-,39+,40-,41-,42+/m1/s1. The van der Waals surface area contributed by atoms with Gasteiger partial charge < -0.3 is 83.5 Å². The molecule has 60 heavy (non-hydrogen) atoms. The zero-order valence-electron chi connectivity index (χ0n) is 34.5. The highest BCUT2D eigenvalue weighted by Gasteiger charge is 2.69. The molecule has 8 rings (SSSR count). The molecule has 18 heteroatoms. The maximum atomic E-state index is 13.3. The molecule has 4 aliphatic carbocycles. The Morgan fingerprint density at radius 2 is 1.53 bits per heavy atom. The molecule has 0 aromatic heterocycles. The lowest BCUT2D eigenvalue weighted by molar-refractivity contribution is -0.355. The van der Waals surface area contributed by atoms with Gasteiger partial charge in [0.1, 0.15) is 67.8 Å². The third-order valence-electron chi connectivity index (χ3n) is 16.2. The first-order valence-electron chi connectivity index (χ1n) is 21.8. The van der Waals surface area contributed by atoms with Crippen LogP contribution in [0.2, 0.25) is 0 Å². The monoisotopic (exact) mass is 856 g/mol. The summed E-state index contributed by atoms with van der Waals surface area (Å²) in [6.45, 7) is 3.05. The number of aldehydes is 1. The Morgan fingerprint density at radius 3 is 2.22 bits per heavy atom. The summed E-state index contributed by atoms with van der Waals surface area (Å²) in [7, 11) is 1.51. The normalized spacial score (nSPS) is 53.1. The number of rotatable bonds is 11. The lowest BCUT2D eigenvalue weighted by Gasteiger charge is -2.63. The van der Waals surface area contributed by atoms with Crippen LogP contribution in [0.25, 0.3) is 0 Å². The molecule has 18 nitrogen and oxygen atoms in total. The quantitative estimate of drug-likeness (QED) is 0.0701. The average molecular weight is 857 g/mol. The number of methoxy groups -OCH3 is 1. The summed E-state index contributed by atoms with van der Waals surface area (Å²) in [5.41, 5.74) is -0.906. The van der Waals surface area contributed by atoms with Crippen molar-refractivity contribution in [2.75, 3.05) is 26.9 Å². The number of hydrogen-bond acceptors (Lipinski definition) is 18. The summed E-state index contributed by atoms with van der Waals surface area (Å²) in [5.74, 6) is -0.110. The molecule has 8 aliphatic rings. The van der Waals surface area contributed by atoms with Gasteiger partial charge in [-0.3, -0.25) is 0 Å². The maximum absolute atomic E-state index is 13.3. The molecule has 4 heterocycles. The van der Waals surface area contributed by atoms with E-state index in [1.54, 1.807) is 13.0 Å². The molecular weight excluding hydrogens is 792 g/mol. The van der Waals surface area contributed by atoms with Crippen molar-refractivity contribution in [3.8, 4) is 0 Å². The number of carbonyl (C=O) groups is 2. The SMILES string of the molecule is CO[C@H]1C[C@H](O[C@H]2CC[C@@]3(C=O)[C@H](CC[C@@H]4[C@@H]3CC[C@]3(C)[C@@H](C5=CC(=O)OC5)CC[C@]43O)C2)O[C@H](C)[C@H]1O[C@@H]1O[C@H](CO[C@@H]2O[C@H](CO)[C@@H](O)[C@H](O)[C@H]2O)[C@@H](O)[C@H](O)[C@H]1O. The van der Waals surface area contributed by atoms with Gasteiger partial charge in [0.2, 0.25) is 0 Å². The van der Waals surface area contributed by atoms with E-state index in [-0.39, 0.29) is 48.8 Å². The lowest BCUT2D eigenvalue weighted by Crippen LogP contribution is -2.63. The smallest absolute Gasteiger partial charge is 0.331 e. The number of esters is 1. The molecule has 0 amide bonds. The predicted octanol–water partition coefficient (Wildman–Crippen LogP) is -1.03. The molecule has 4 saturated carbocycles. The number of aliphatic hydroxyl groups excluding tert-OH is 7. The third-order valence-corrected chi connectivity index (χ3v) is 16.2. The van der Waals surface area contributed by atoms with Crippen molar-refractivity contribution >= 4 is 12.3 Å². The van der Waals surface area contributed by atoms with Crippen molar-refractivity contribution in [1.82, 2.24) is 0 Å². The number of carbonyl (C=O) groups excluding carboxylic acids is 2. The van der Waals surface area contributed by atoms with Crippen LogP contribution in [-0.2, 0) is 47.5 Å². The molecular formula is C42H64O18. The summed E-state index contributed by atoms with van der Waals surface area (Å²) < 4.78 is 47.0. The molecule has 4 aliphatic heterocycles. The largest absolute Gasteiger partial charge is 0.458 e. The first-order valence-corrected chi connectivity index (χ1v) is 21.8. The summed E-state index contributed by atoms with van der Waals surface area (Å²) in [6.07, 6.45) is -8.82. The zero-order valence-corrected chi connectivity index (χ0v) is 34.5.